The average molecular weight is 485 g/mol. The van der Waals surface area contributed by atoms with Crippen LogP contribution in [0.5, 0.6) is 11.5 Å². The zero-order chi connectivity index (χ0) is 26.4. The van der Waals surface area contributed by atoms with Gasteiger partial charge in [0.25, 0.3) is 0 Å². The number of rotatable bonds is 11. The summed E-state index contributed by atoms with van der Waals surface area (Å²) in [5.41, 5.74) is 1.33. The van der Waals surface area contributed by atoms with Gasteiger partial charge in [0.2, 0.25) is 0 Å². The van der Waals surface area contributed by atoms with E-state index in [0.29, 0.717) is 16.9 Å². The molecule has 0 radical (unpaired) electrons. The van der Waals surface area contributed by atoms with Crippen molar-refractivity contribution in [3.8, 4) is 11.5 Å². The van der Waals surface area contributed by atoms with Crippen LogP contribution in [-0.2, 0) is 23.8 Å². The Balaban J connectivity index is 0.000000355. The van der Waals surface area contributed by atoms with Crippen molar-refractivity contribution in [2.75, 3.05) is 27.1 Å². The van der Waals surface area contributed by atoms with Crippen LogP contribution >= 0.6 is 0 Å². The second-order valence-electron chi connectivity index (χ2n) is 7.18. The van der Waals surface area contributed by atoms with Crippen LogP contribution in [0.2, 0.25) is 0 Å². The molecule has 35 heavy (non-hydrogen) atoms. The smallest absolute Gasteiger partial charge is 0.333 e. The third kappa shape index (κ3) is 11.0. The quantitative estimate of drug-likeness (QED) is 0.220. The number of ether oxygens (including phenoxy) is 4. The molecule has 2 aromatic rings. The van der Waals surface area contributed by atoms with Gasteiger partial charge in [-0.05, 0) is 62.4 Å². The Morgan fingerprint density at radius 1 is 0.743 bits per heavy atom. The zero-order valence-electron chi connectivity index (χ0n) is 19.9. The second kappa shape index (κ2) is 14.8. The normalized spacial score (nSPS) is 9.69. The lowest BCUT2D eigenvalue weighted by Gasteiger charge is -2.06. The van der Waals surface area contributed by atoms with Gasteiger partial charge in [-0.1, -0.05) is 13.2 Å². The highest BCUT2D eigenvalue weighted by Crippen LogP contribution is 2.13. The number of esters is 2. The molecular formula is C26H28O9. The minimum Gasteiger partial charge on any atom is -0.508 e. The molecule has 2 aromatic carbocycles. The molecule has 0 heterocycles. The summed E-state index contributed by atoms with van der Waals surface area (Å²) < 4.78 is 19.4. The maximum absolute atomic E-state index is 11.7. The van der Waals surface area contributed by atoms with E-state index in [1.165, 1.54) is 45.2 Å². The number of phenolic OH excluding ortho intramolecular Hbond substituents is 1. The molecule has 1 N–H and O–H groups in total. The minimum absolute atomic E-state index is 0.0791. The van der Waals surface area contributed by atoms with Gasteiger partial charge in [-0.25, -0.2) is 9.59 Å². The SMILES string of the molecule is C=C(C)C(=O)OCC(=O)c1ccc(O)cc1.C=C(C)C(=O)OCC(=O)c1ccc(OCOC)cc1. The average Bonchev–Trinajstić information content (AvgIpc) is 2.85. The van der Waals surface area contributed by atoms with Gasteiger partial charge in [-0.2, -0.15) is 0 Å². The fourth-order valence-electron chi connectivity index (χ4n) is 2.19. The molecule has 0 fully saturated rings. The van der Waals surface area contributed by atoms with Crippen molar-refractivity contribution in [2.24, 2.45) is 0 Å². The maximum Gasteiger partial charge on any atom is 0.333 e. The van der Waals surface area contributed by atoms with Gasteiger partial charge < -0.3 is 24.1 Å². The van der Waals surface area contributed by atoms with Gasteiger partial charge in [0.1, 0.15) is 11.5 Å². The van der Waals surface area contributed by atoms with Crippen LogP contribution in [0.3, 0.4) is 0 Å². The van der Waals surface area contributed by atoms with Crippen LogP contribution in [0.15, 0.2) is 72.8 Å². The van der Waals surface area contributed by atoms with Gasteiger partial charge >= 0.3 is 11.9 Å². The third-order valence-electron chi connectivity index (χ3n) is 4.07. The second-order valence-corrected chi connectivity index (χ2v) is 7.18. The first kappa shape index (κ1) is 28.8. The van der Waals surface area contributed by atoms with E-state index in [-0.39, 0.29) is 48.5 Å². The number of benzene rings is 2. The standard InChI is InChI=1S/C14H16O5.C12H12O4/c1-10(2)14(16)18-8-13(15)11-4-6-12(7-5-11)19-9-17-3;1-8(2)12(15)16-7-11(14)9-3-5-10(13)6-4-9/h4-7H,1,8-9H2,2-3H3;3-6,13H,1,7H2,2H3. The van der Waals surface area contributed by atoms with E-state index in [1.807, 2.05) is 0 Å². The number of aromatic hydroxyl groups is 1. The molecule has 9 nitrogen and oxygen atoms in total. The fraction of sp³-hybridized carbons (Fsp3) is 0.231. The number of ketones is 2. The van der Waals surface area contributed by atoms with E-state index < -0.39 is 11.9 Å². The summed E-state index contributed by atoms with van der Waals surface area (Å²) in [6.45, 7) is 9.38. The van der Waals surface area contributed by atoms with Gasteiger partial charge in [-0.3, -0.25) is 9.59 Å². The van der Waals surface area contributed by atoms with Crippen LogP contribution in [0.4, 0.5) is 0 Å². The highest BCUT2D eigenvalue weighted by Gasteiger charge is 2.11. The van der Waals surface area contributed by atoms with Crippen LogP contribution < -0.4 is 4.74 Å². The molecule has 0 saturated heterocycles. The summed E-state index contributed by atoms with van der Waals surface area (Å²) in [4.78, 5) is 45.4. The third-order valence-corrected chi connectivity index (χ3v) is 4.07. The largest absolute Gasteiger partial charge is 0.508 e. The zero-order valence-corrected chi connectivity index (χ0v) is 19.9. The molecule has 0 aliphatic carbocycles. The molecule has 0 unspecified atom stereocenters. The molecule has 9 heteroatoms. The fourth-order valence-corrected chi connectivity index (χ4v) is 2.19. The van der Waals surface area contributed by atoms with E-state index in [4.69, 9.17) is 24.1 Å². The lowest BCUT2D eigenvalue weighted by Crippen LogP contribution is -2.14. The summed E-state index contributed by atoms with van der Waals surface area (Å²) in [5, 5.41) is 9.02. The molecular weight excluding hydrogens is 456 g/mol. The number of hydrogen-bond donors (Lipinski definition) is 1. The molecule has 0 atom stereocenters. The molecule has 186 valence electrons. The van der Waals surface area contributed by atoms with Crippen molar-refractivity contribution >= 4 is 23.5 Å². The number of Topliss-reactive ketones (excluding diaryl/α,β-unsaturated/α-hetero) is 2. The maximum atomic E-state index is 11.7. The molecule has 0 aliphatic rings. The summed E-state index contributed by atoms with van der Waals surface area (Å²) in [5.74, 6) is -1.10. The highest BCUT2D eigenvalue weighted by atomic mass is 16.7. The van der Waals surface area contributed by atoms with E-state index in [9.17, 15) is 19.2 Å². The number of carbonyl (C=O) groups excluding carboxylic acids is 4. The van der Waals surface area contributed by atoms with Gasteiger partial charge in [-0.15, -0.1) is 0 Å². The van der Waals surface area contributed by atoms with Crippen LogP contribution in [0, 0.1) is 0 Å². The van der Waals surface area contributed by atoms with E-state index >= 15 is 0 Å². The number of phenols is 1. The van der Waals surface area contributed by atoms with Crippen molar-refractivity contribution in [3.63, 3.8) is 0 Å². The Morgan fingerprint density at radius 2 is 1.14 bits per heavy atom. The molecule has 0 spiro atoms. The molecule has 2 rings (SSSR count). The monoisotopic (exact) mass is 484 g/mol. The summed E-state index contributed by atoms with van der Waals surface area (Å²) in [6, 6.07) is 12.2. The summed E-state index contributed by atoms with van der Waals surface area (Å²) in [7, 11) is 1.52. The van der Waals surface area contributed by atoms with Gasteiger partial charge in [0, 0.05) is 29.4 Å². The van der Waals surface area contributed by atoms with E-state index in [0.717, 1.165) is 0 Å². The van der Waals surface area contributed by atoms with Gasteiger partial charge in [0.05, 0.1) is 0 Å². The molecule has 0 aliphatic heterocycles. The Hall–Kier alpha value is -4.24. The summed E-state index contributed by atoms with van der Waals surface area (Å²) >= 11 is 0. The number of hydrogen-bond acceptors (Lipinski definition) is 9. The Kier molecular flexibility index (Phi) is 12.2. The minimum atomic E-state index is -0.591. The Labute approximate surface area is 203 Å². The van der Waals surface area contributed by atoms with E-state index in [1.54, 1.807) is 24.3 Å². The predicted molar refractivity (Wildman–Crippen MR) is 127 cm³/mol. The van der Waals surface area contributed by atoms with Crippen molar-refractivity contribution < 1.29 is 43.2 Å². The first-order chi connectivity index (χ1) is 16.5. The van der Waals surface area contributed by atoms with Crippen molar-refractivity contribution in [2.45, 2.75) is 13.8 Å². The molecule has 0 amide bonds. The lowest BCUT2D eigenvalue weighted by molar-refractivity contribution is -0.138. The van der Waals surface area contributed by atoms with Crippen LogP contribution in [0.25, 0.3) is 0 Å². The van der Waals surface area contributed by atoms with E-state index in [2.05, 4.69) is 13.2 Å². The van der Waals surface area contributed by atoms with Crippen LogP contribution in [0.1, 0.15) is 34.6 Å². The number of methoxy groups -OCH3 is 1. The van der Waals surface area contributed by atoms with Crippen molar-refractivity contribution in [3.05, 3.63) is 84.0 Å². The predicted octanol–water partition coefficient (Wildman–Crippen LogP) is 3.67. The number of carbonyl (C=O) groups is 4. The highest BCUT2D eigenvalue weighted by molar-refractivity contribution is 5.99. The van der Waals surface area contributed by atoms with Gasteiger partial charge in [0.15, 0.2) is 31.6 Å². The Bertz CT molecular complexity index is 1050. The first-order valence-electron chi connectivity index (χ1n) is 10.3. The van der Waals surface area contributed by atoms with Crippen molar-refractivity contribution in [1.29, 1.82) is 0 Å². The van der Waals surface area contributed by atoms with Crippen molar-refractivity contribution in [1.82, 2.24) is 0 Å². The Morgan fingerprint density at radius 3 is 1.51 bits per heavy atom. The topological polar surface area (TPSA) is 125 Å². The first-order valence-corrected chi connectivity index (χ1v) is 10.3. The molecule has 0 bridgehead atoms. The lowest BCUT2D eigenvalue weighted by atomic mass is 10.1. The molecule has 0 saturated carbocycles. The van der Waals surface area contributed by atoms with Crippen LogP contribution in [-0.4, -0.2) is 55.7 Å². The molecule has 0 aromatic heterocycles. The summed E-state index contributed by atoms with van der Waals surface area (Å²) in [6.07, 6.45) is 0.